The van der Waals surface area contributed by atoms with E-state index >= 15 is 0 Å². The molecular weight excluding hydrogens is 256 g/mol. The molecule has 0 radical (unpaired) electrons. The molecule has 0 spiro atoms. The van der Waals surface area contributed by atoms with E-state index in [1.807, 2.05) is 0 Å². The van der Waals surface area contributed by atoms with Crippen LogP contribution in [0, 0.1) is 0 Å². The van der Waals surface area contributed by atoms with Gasteiger partial charge >= 0.3 is 0 Å². The second kappa shape index (κ2) is 4.60. The van der Waals surface area contributed by atoms with Gasteiger partial charge in [-0.15, -0.1) is 0 Å². The fourth-order valence-electron chi connectivity index (χ4n) is 2.06. The predicted molar refractivity (Wildman–Crippen MR) is 66.8 cm³/mol. The molecule has 3 N–H and O–H groups in total. The highest BCUT2D eigenvalue weighted by Gasteiger charge is 2.31. The summed E-state index contributed by atoms with van der Waals surface area (Å²) in [7, 11) is -1.38. The van der Waals surface area contributed by atoms with E-state index in [-0.39, 0.29) is 23.7 Å². The Morgan fingerprint density at radius 2 is 2.39 bits per heavy atom. The second-order valence-electron chi connectivity index (χ2n) is 4.45. The molecule has 7 nitrogen and oxygen atoms in total. The number of carbonyl (C=O) groups is 1. The molecule has 2 heterocycles. The minimum Gasteiger partial charge on any atom is -0.396 e. The highest BCUT2D eigenvalue weighted by atomic mass is 32.2. The summed E-state index contributed by atoms with van der Waals surface area (Å²) in [4.78, 5) is 11.8. The number of sulfone groups is 1. The molecule has 1 aromatic rings. The lowest BCUT2D eigenvalue weighted by Gasteiger charge is -2.09. The molecular formula is C10H16N4O3S. The molecule has 100 valence electrons. The first kappa shape index (κ1) is 12.9. The van der Waals surface area contributed by atoms with Crippen LogP contribution in [0.1, 0.15) is 23.3 Å². The van der Waals surface area contributed by atoms with E-state index in [0.29, 0.717) is 12.8 Å². The first-order valence-electron chi connectivity index (χ1n) is 5.69. The number of hydrogen-bond donors (Lipinski definition) is 2. The maximum atomic E-state index is 11.8. The largest absolute Gasteiger partial charge is 0.396 e. The topological polar surface area (TPSA) is 107 Å². The van der Waals surface area contributed by atoms with Crippen molar-refractivity contribution in [3.63, 3.8) is 0 Å². The SMILES string of the molecule is Cn1cc(N)c(C(=O)NCC2CCCS2(=O)=O)n1. The third-order valence-electron chi connectivity index (χ3n) is 3.03. The van der Waals surface area contributed by atoms with Gasteiger partial charge in [0.25, 0.3) is 5.91 Å². The van der Waals surface area contributed by atoms with E-state index in [2.05, 4.69) is 10.4 Å². The van der Waals surface area contributed by atoms with Gasteiger partial charge in [0, 0.05) is 19.8 Å². The van der Waals surface area contributed by atoms with Crippen LogP contribution in [0.25, 0.3) is 0 Å². The Morgan fingerprint density at radius 3 is 2.89 bits per heavy atom. The van der Waals surface area contributed by atoms with E-state index in [1.165, 1.54) is 10.9 Å². The van der Waals surface area contributed by atoms with Crippen LogP contribution in [0.5, 0.6) is 0 Å². The van der Waals surface area contributed by atoms with Crippen LogP contribution in [0.3, 0.4) is 0 Å². The molecule has 0 aromatic carbocycles. The summed E-state index contributed by atoms with van der Waals surface area (Å²) in [6, 6.07) is 0. The van der Waals surface area contributed by atoms with Gasteiger partial charge in [0.15, 0.2) is 15.5 Å². The van der Waals surface area contributed by atoms with Gasteiger partial charge in [-0.3, -0.25) is 9.48 Å². The minimum atomic E-state index is -3.04. The summed E-state index contributed by atoms with van der Waals surface area (Å²) in [5, 5.41) is 6.02. The molecule has 1 amide bonds. The normalized spacial score (nSPS) is 21.9. The van der Waals surface area contributed by atoms with Crippen molar-refractivity contribution in [2.24, 2.45) is 7.05 Å². The summed E-state index contributed by atoms with van der Waals surface area (Å²) in [6.07, 6.45) is 2.79. The zero-order valence-corrected chi connectivity index (χ0v) is 10.9. The lowest BCUT2D eigenvalue weighted by molar-refractivity contribution is 0.0949. The van der Waals surface area contributed by atoms with Crippen LogP contribution >= 0.6 is 0 Å². The number of rotatable bonds is 3. The van der Waals surface area contributed by atoms with Gasteiger partial charge in [0.05, 0.1) is 16.7 Å². The van der Waals surface area contributed by atoms with Crippen LogP contribution in [0.2, 0.25) is 0 Å². The molecule has 0 aliphatic carbocycles. The predicted octanol–water partition coefficient (Wildman–Crippen LogP) is -0.691. The summed E-state index contributed by atoms with van der Waals surface area (Å²) >= 11 is 0. The van der Waals surface area contributed by atoms with E-state index in [4.69, 9.17) is 5.73 Å². The molecule has 1 unspecified atom stereocenters. The molecule has 1 atom stereocenters. The number of nitrogens with zero attached hydrogens (tertiary/aromatic N) is 2. The number of anilines is 1. The molecule has 2 rings (SSSR count). The standard InChI is InChI=1S/C10H16N4O3S/c1-14-6-8(11)9(13-14)10(15)12-5-7-3-2-4-18(7,16)17/h6-7H,2-5,11H2,1H3,(H,12,15). The highest BCUT2D eigenvalue weighted by Crippen LogP contribution is 2.19. The number of nitrogens with two attached hydrogens (primary N) is 1. The monoisotopic (exact) mass is 272 g/mol. The van der Waals surface area contributed by atoms with Crippen molar-refractivity contribution in [3.8, 4) is 0 Å². The van der Waals surface area contributed by atoms with Gasteiger partial charge in [-0.2, -0.15) is 5.10 Å². The van der Waals surface area contributed by atoms with Crippen molar-refractivity contribution in [3.05, 3.63) is 11.9 Å². The van der Waals surface area contributed by atoms with Crippen LogP contribution in [-0.2, 0) is 16.9 Å². The van der Waals surface area contributed by atoms with E-state index in [9.17, 15) is 13.2 Å². The third-order valence-corrected chi connectivity index (χ3v) is 5.30. The molecule has 1 aliphatic heterocycles. The molecule has 8 heteroatoms. The van der Waals surface area contributed by atoms with Crippen LogP contribution in [0.15, 0.2) is 6.20 Å². The molecule has 1 aliphatic rings. The van der Waals surface area contributed by atoms with Gasteiger partial charge in [0.2, 0.25) is 0 Å². The number of aryl methyl sites for hydroxylation is 1. The van der Waals surface area contributed by atoms with Crippen molar-refractivity contribution < 1.29 is 13.2 Å². The summed E-state index contributed by atoms with van der Waals surface area (Å²) in [5.74, 6) is -0.227. The van der Waals surface area contributed by atoms with Gasteiger partial charge in [-0.25, -0.2) is 8.42 Å². The quantitative estimate of drug-likeness (QED) is 0.757. The van der Waals surface area contributed by atoms with Gasteiger partial charge in [-0.1, -0.05) is 0 Å². The van der Waals surface area contributed by atoms with Crippen molar-refractivity contribution in [2.75, 3.05) is 18.0 Å². The Morgan fingerprint density at radius 1 is 1.67 bits per heavy atom. The van der Waals surface area contributed by atoms with Crippen molar-refractivity contribution in [1.29, 1.82) is 0 Å². The molecule has 18 heavy (non-hydrogen) atoms. The fourth-order valence-corrected chi connectivity index (χ4v) is 3.83. The van der Waals surface area contributed by atoms with Crippen molar-refractivity contribution in [1.82, 2.24) is 15.1 Å². The molecule has 1 aromatic heterocycles. The minimum absolute atomic E-state index is 0.122. The number of nitrogens with one attached hydrogen (secondary N) is 1. The molecule has 0 saturated carbocycles. The van der Waals surface area contributed by atoms with Gasteiger partial charge < -0.3 is 11.1 Å². The zero-order chi connectivity index (χ0) is 13.3. The van der Waals surface area contributed by atoms with E-state index < -0.39 is 21.0 Å². The third kappa shape index (κ3) is 2.47. The van der Waals surface area contributed by atoms with E-state index in [1.54, 1.807) is 7.05 Å². The smallest absolute Gasteiger partial charge is 0.273 e. The Labute approximate surface area is 105 Å². The Bertz CT molecular complexity index is 564. The van der Waals surface area contributed by atoms with Crippen LogP contribution < -0.4 is 11.1 Å². The molecule has 1 fully saturated rings. The van der Waals surface area contributed by atoms with Gasteiger partial charge in [-0.05, 0) is 12.8 Å². The Balaban J connectivity index is 1.99. The van der Waals surface area contributed by atoms with Gasteiger partial charge in [0.1, 0.15) is 0 Å². The Kier molecular flexibility index (Phi) is 3.29. The van der Waals surface area contributed by atoms with Crippen molar-refractivity contribution in [2.45, 2.75) is 18.1 Å². The highest BCUT2D eigenvalue weighted by molar-refractivity contribution is 7.92. The fraction of sp³-hybridized carbons (Fsp3) is 0.600. The maximum absolute atomic E-state index is 11.8. The Hall–Kier alpha value is -1.57. The lowest BCUT2D eigenvalue weighted by atomic mass is 10.2. The first-order valence-corrected chi connectivity index (χ1v) is 7.40. The van der Waals surface area contributed by atoms with E-state index in [0.717, 1.165) is 0 Å². The lowest BCUT2D eigenvalue weighted by Crippen LogP contribution is -2.35. The number of amides is 1. The summed E-state index contributed by atoms with van der Waals surface area (Å²) < 4.78 is 24.6. The average molecular weight is 272 g/mol. The second-order valence-corrected chi connectivity index (χ2v) is 6.85. The number of carbonyl (C=O) groups excluding carboxylic acids is 1. The number of hydrogen-bond acceptors (Lipinski definition) is 5. The number of nitrogen functional groups attached to an aromatic ring is 1. The first-order chi connectivity index (χ1) is 8.40. The molecule has 1 saturated heterocycles. The zero-order valence-electron chi connectivity index (χ0n) is 10.1. The summed E-state index contributed by atoms with van der Waals surface area (Å²) in [6.45, 7) is 0.122. The number of aromatic nitrogens is 2. The van der Waals surface area contributed by atoms with Crippen molar-refractivity contribution >= 4 is 21.4 Å². The summed E-state index contributed by atoms with van der Waals surface area (Å²) in [5.41, 5.74) is 6.03. The van der Waals surface area contributed by atoms with Crippen LogP contribution in [0.4, 0.5) is 5.69 Å². The average Bonchev–Trinajstić information content (AvgIpc) is 2.78. The van der Waals surface area contributed by atoms with Crippen LogP contribution in [-0.4, -0.2) is 41.7 Å². The molecule has 0 bridgehead atoms. The maximum Gasteiger partial charge on any atom is 0.273 e.